The first kappa shape index (κ1) is 12.3. The van der Waals surface area contributed by atoms with Gasteiger partial charge in [0, 0.05) is 19.1 Å². The van der Waals surface area contributed by atoms with Gasteiger partial charge in [0.2, 0.25) is 0 Å². The molecular formula is C12H24N2O. The second-order valence-electron chi connectivity index (χ2n) is 4.34. The highest BCUT2D eigenvalue weighted by molar-refractivity contribution is 5.74. The van der Waals surface area contributed by atoms with E-state index in [2.05, 4.69) is 19.2 Å². The Morgan fingerprint density at radius 2 is 2.13 bits per heavy atom. The zero-order valence-electron chi connectivity index (χ0n) is 10.1. The molecule has 1 N–H and O–H groups in total. The summed E-state index contributed by atoms with van der Waals surface area (Å²) in [6, 6.07) is 0.606. The van der Waals surface area contributed by atoms with Gasteiger partial charge in [-0.05, 0) is 25.7 Å². The van der Waals surface area contributed by atoms with E-state index in [-0.39, 0.29) is 6.03 Å². The van der Waals surface area contributed by atoms with Crippen LogP contribution >= 0.6 is 0 Å². The fourth-order valence-electron chi connectivity index (χ4n) is 2.20. The summed E-state index contributed by atoms with van der Waals surface area (Å²) in [5.41, 5.74) is 0. The summed E-state index contributed by atoms with van der Waals surface area (Å²) in [6.45, 7) is 6.00. The number of amides is 2. The molecule has 1 heterocycles. The molecule has 0 spiro atoms. The fourth-order valence-corrected chi connectivity index (χ4v) is 2.20. The smallest absolute Gasteiger partial charge is 0.317 e. The van der Waals surface area contributed by atoms with Gasteiger partial charge < -0.3 is 10.2 Å². The molecule has 3 nitrogen and oxygen atoms in total. The van der Waals surface area contributed by atoms with Gasteiger partial charge in [0.25, 0.3) is 0 Å². The zero-order chi connectivity index (χ0) is 11.1. The molecule has 1 atom stereocenters. The molecule has 0 aliphatic carbocycles. The Morgan fingerprint density at radius 3 is 2.80 bits per heavy atom. The van der Waals surface area contributed by atoms with Crippen LogP contribution in [0.5, 0.6) is 0 Å². The second kappa shape index (κ2) is 6.70. The first-order valence-electron chi connectivity index (χ1n) is 6.34. The first-order valence-corrected chi connectivity index (χ1v) is 6.34. The van der Waals surface area contributed by atoms with Gasteiger partial charge in [-0.2, -0.15) is 0 Å². The lowest BCUT2D eigenvalue weighted by molar-refractivity contribution is 0.173. The molecule has 0 radical (unpaired) electrons. The second-order valence-corrected chi connectivity index (χ2v) is 4.34. The van der Waals surface area contributed by atoms with Crippen LogP contribution in [0.15, 0.2) is 0 Å². The molecule has 0 bridgehead atoms. The van der Waals surface area contributed by atoms with Crippen LogP contribution in [-0.2, 0) is 0 Å². The molecule has 0 aromatic heterocycles. The van der Waals surface area contributed by atoms with Crippen molar-refractivity contribution in [3.63, 3.8) is 0 Å². The van der Waals surface area contributed by atoms with E-state index in [1.807, 2.05) is 4.90 Å². The third-order valence-corrected chi connectivity index (χ3v) is 3.14. The van der Waals surface area contributed by atoms with Gasteiger partial charge in [-0.25, -0.2) is 4.79 Å². The Labute approximate surface area is 93.2 Å². The molecule has 1 aliphatic rings. The minimum Gasteiger partial charge on any atom is -0.338 e. The van der Waals surface area contributed by atoms with Crippen LogP contribution in [0.25, 0.3) is 0 Å². The van der Waals surface area contributed by atoms with Gasteiger partial charge in [-0.1, -0.05) is 26.7 Å². The normalized spacial score (nSPS) is 22.3. The summed E-state index contributed by atoms with van der Waals surface area (Å²) < 4.78 is 0. The van der Waals surface area contributed by atoms with Crippen LogP contribution in [0.4, 0.5) is 4.79 Å². The average molecular weight is 212 g/mol. The summed E-state index contributed by atoms with van der Waals surface area (Å²) in [5, 5.41) is 2.98. The molecule has 15 heavy (non-hydrogen) atoms. The van der Waals surface area contributed by atoms with E-state index in [1.165, 1.54) is 19.3 Å². The van der Waals surface area contributed by atoms with Gasteiger partial charge in [0.15, 0.2) is 0 Å². The quantitative estimate of drug-likeness (QED) is 0.766. The number of carbonyl (C=O) groups excluding carboxylic acids is 1. The highest BCUT2D eigenvalue weighted by Crippen LogP contribution is 2.18. The summed E-state index contributed by atoms with van der Waals surface area (Å²) >= 11 is 0. The van der Waals surface area contributed by atoms with Crippen LogP contribution in [-0.4, -0.2) is 30.1 Å². The van der Waals surface area contributed by atoms with Crippen LogP contribution in [0.1, 0.15) is 52.4 Å². The maximum absolute atomic E-state index is 11.9. The zero-order valence-corrected chi connectivity index (χ0v) is 10.1. The standard InChI is InChI=1S/C12H24N2O/c1-3-9-13-12(15)14-10-7-5-6-8-11(14)4-2/h11H,3-10H2,1-2H3,(H,13,15). The summed E-state index contributed by atoms with van der Waals surface area (Å²) in [5.74, 6) is 0. The van der Waals surface area contributed by atoms with E-state index >= 15 is 0 Å². The minimum atomic E-state index is 0.144. The molecule has 1 saturated heterocycles. The minimum absolute atomic E-state index is 0.144. The molecule has 2 amide bonds. The molecule has 0 aromatic carbocycles. The van der Waals surface area contributed by atoms with Crippen LogP contribution in [0.3, 0.4) is 0 Å². The monoisotopic (exact) mass is 212 g/mol. The highest BCUT2D eigenvalue weighted by atomic mass is 16.2. The number of urea groups is 1. The van der Waals surface area contributed by atoms with Crippen LogP contribution < -0.4 is 5.32 Å². The SMILES string of the molecule is CCCNC(=O)N1CCCCCC1CC. The number of carbonyl (C=O) groups is 1. The Balaban J connectivity index is 2.49. The van der Waals surface area contributed by atoms with Crippen molar-refractivity contribution in [3.8, 4) is 0 Å². The Morgan fingerprint density at radius 1 is 1.33 bits per heavy atom. The molecule has 3 heteroatoms. The number of hydrogen-bond acceptors (Lipinski definition) is 1. The van der Waals surface area contributed by atoms with Crippen molar-refractivity contribution in [2.24, 2.45) is 0 Å². The van der Waals surface area contributed by atoms with Crippen molar-refractivity contribution >= 4 is 6.03 Å². The largest absolute Gasteiger partial charge is 0.338 e. The van der Waals surface area contributed by atoms with Crippen LogP contribution in [0.2, 0.25) is 0 Å². The summed E-state index contributed by atoms with van der Waals surface area (Å²) in [4.78, 5) is 13.9. The molecule has 1 aliphatic heterocycles. The summed E-state index contributed by atoms with van der Waals surface area (Å²) in [6.07, 6.45) is 6.98. The van der Waals surface area contributed by atoms with E-state index in [4.69, 9.17) is 0 Å². The third-order valence-electron chi connectivity index (χ3n) is 3.14. The van der Waals surface area contributed by atoms with Gasteiger partial charge in [0.1, 0.15) is 0 Å². The maximum Gasteiger partial charge on any atom is 0.317 e. The van der Waals surface area contributed by atoms with Gasteiger partial charge >= 0.3 is 6.03 Å². The lowest BCUT2D eigenvalue weighted by Crippen LogP contribution is -2.45. The van der Waals surface area contributed by atoms with E-state index in [1.54, 1.807) is 0 Å². The topological polar surface area (TPSA) is 32.3 Å². The fraction of sp³-hybridized carbons (Fsp3) is 0.917. The number of nitrogens with zero attached hydrogens (tertiary/aromatic N) is 1. The highest BCUT2D eigenvalue weighted by Gasteiger charge is 2.23. The number of likely N-dealkylation sites (tertiary alicyclic amines) is 1. The Bertz CT molecular complexity index is 194. The average Bonchev–Trinajstić information content (AvgIpc) is 2.50. The first-order chi connectivity index (χ1) is 7.29. The molecular weight excluding hydrogens is 188 g/mol. The Hall–Kier alpha value is -0.730. The summed E-state index contributed by atoms with van der Waals surface area (Å²) in [7, 11) is 0. The van der Waals surface area contributed by atoms with Crippen molar-refractivity contribution in [1.29, 1.82) is 0 Å². The van der Waals surface area contributed by atoms with Crippen molar-refractivity contribution in [3.05, 3.63) is 0 Å². The lowest BCUT2D eigenvalue weighted by Gasteiger charge is -2.29. The van der Waals surface area contributed by atoms with Gasteiger partial charge in [0.05, 0.1) is 0 Å². The number of hydrogen-bond donors (Lipinski definition) is 1. The van der Waals surface area contributed by atoms with Crippen molar-refractivity contribution in [2.45, 2.75) is 58.4 Å². The predicted octanol–water partition coefficient (Wildman–Crippen LogP) is 2.76. The predicted molar refractivity (Wildman–Crippen MR) is 62.9 cm³/mol. The molecule has 1 fully saturated rings. The molecule has 1 rings (SSSR count). The van der Waals surface area contributed by atoms with E-state index < -0.39 is 0 Å². The number of nitrogens with one attached hydrogen (secondary N) is 1. The van der Waals surface area contributed by atoms with Gasteiger partial charge in [-0.15, -0.1) is 0 Å². The molecule has 0 aromatic rings. The van der Waals surface area contributed by atoms with E-state index in [0.717, 1.165) is 32.4 Å². The Kier molecular flexibility index (Phi) is 5.51. The maximum atomic E-state index is 11.9. The van der Waals surface area contributed by atoms with Crippen molar-refractivity contribution in [1.82, 2.24) is 10.2 Å². The number of rotatable bonds is 3. The van der Waals surface area contributed by atoms with Crippen molar-refractivity contribution in [2.75, 3.05) is 13.1 Å². The molecule has 1 unspecified atom stereocenters. The third kappa shape index (κ3) is 3.73. The van der Waals surface area contributed by atoms with Gasteiger partial charge in [-0.3, -0.25) is 0 Å². The lowest BCUT2D eigenvalue weighted by atomic mass is 10.1. The molecule has 0 saturated carbocycles. The van der Waals surface area contributed by atoms with Crippen LogP contribution in [0, 0.1) is 0 Å². The molecule has 88 valence electrons. The van der Waals surface area contributed by atoms with E-state index in [9.17, 15) is 4.79 Å². The van der Waals surface area contributed by atoms with E-state index in [0.29, 0.717) is 6.04 Å². The van der Waals surface area contributed by atoms with Crippen molar-refractivity contribution < 1.29 is 4.79 Å².